The minimum atomic E-state index is -1.77. The Morgan fingerprint density at radius 2 is 1.61 bits per heavy atom. The van der Waals surface area contributed by atoms with Crippen molar-refractivity contribution in [3.63, 3.8) is 0 Å². The number of ether oxygens (including phenoxy) is 1. The molecular formula is C22H15FN4O. The zero-order chi connectivity index (χ0) is 20.3. The van der Waals surface area contributed by atoms with Crippen molar-refractivity contribution < 1.29 is 9.13 Å². The monoisotopic (exact) mass is 370 g/mol. The SMILES string of the molecule is COc1ccc(C2=CC(c3ccc(F)cc3)C(C#N)(C#N)C(N)=C2C#N)cc1. The van der Waals surface area contributed by atoms with E-state index in [-0.39, 0.29) is 11.3 Å². The molecule has 0 saturated carbocycles. The van der Waals surface area contributed by atoms with E-state index < -0.39 is 17.2 Å². The van der Waals surface area contributed by atoms with Crippen molar-refractivity contribution in [1.29, 1.82) is 15.8 Å². The van der Waals surface area contributed by atoms with Crippen LogP contribution in [-0.4, -0.2) is 7.11 Å². The molecule has 2 N–H and O–H groups in total. The van der Waals surface area contributed by atoms with Crippen LogP contribution >= 0.6 is 0 Å². The molecular weight excluding hydrogens is 355 g/mol. The van der Waals surface area contributed by atoms with Crippen LogP contribution in [0, 0.1) is 45.2 Å². The largest absolute Gasteiger partial charge is 0.497 e. The summed E-state index contributed by atoms with van der Waals surface area (Å²) in [5, 5.41) is 29.3. The predicted molar refractivity (Wildman–Crippen MR) is 101 cm³/mol. The van der Waals surface area contributed by atoms with E-state index in [1.165, 1.54) is 24.3 Å². The standard InChI is InChI=1S/C22H15FN4O/c1-28-17-8-4-14(5-9-17)18-10-20(15-2-6-16(23)7-3-15)22(12-25,13-26)21(27)19(18)11-24/h2-10,20H,27H2,1H3. The van der Waals surface area contributed by atoms with Gasteiger partial charge in [-0.2, -0.15) is 15.8 Å². The van der Waals surface area contributed by atoms with Gasteiger partial charge in [0.1, 0.15) is 17.6 Å². The molecule has 0 heterocycles. The van der Waals surface area contributed by atoms with E-state index in [4.69, 9.17) is 10.5 Å². The van der Waals surface area contributed by atoms with Gasteiger partial charge in [0.15, 0.2) is 5.41 Å². The molecule has 136 valence electrons. The first-order valence-electron chi connectivity index (χ1n) is 8.35. The van der Waals surface area contributed by atoms with Crippen LogP contribution < -0.4 is 10.5 Å². The maximum absolute atomic E-state index is 13.4. The maximum atomic E-state index is 13.4. The first kappa shape index (κ1) is 18.7. The highest BCUT2D eigenvalue weighted by atomic mass is 19.1. The first-order chi connectivity index (χ1) is 13.5. The number of nitrogens with zero attached hydrogens (tertiary/aromatic N) is 3. The summed E-state index contributed by atoms with van der Waals surface area (Å²) in [6.45, 7) is 0. The fourth-order valence-electron chi connectivity index (χ4n) is 3.32. The Labute approximate surface area is 162 Å². The summed E-state index contributed by atoms with van der Waals surface area (Å²) in [7, 11) is 1.55. The molecule has 2 aromatic carbocycles. The van der Waals surface area contributed by atoms with Gasteiger partial charge >= 0.3 is 0 Å². The molecule has 1 aliphatic carbocycles. The van der Waals surface area contributed by atoms with Crippen molar-refractivity contribution in [2.45, 2.75) is 5.92 Å². The van der Waals surface area contributed by atoms with E-state index in [2.05, 4.69) is 0 Å². The van der Waals surface area contributed by atoms with Gasteiger partial charge in [0.2, 0.25) is 0 Å². The highest BCUT2D eigenvalue weighted by Crippen LogP contribution is 2.48. The Bertz CT molecular complexity index is 1080. The molecule has 0 amide bonds. The third-order valence-corrected chi connectivity index (χ3v) is 4.86. The smallest absolute Gasteiger partial charge is 0.194 e. The van der Waals surface area contributed by atoms with E-state index in [1.54, 1.807) is 37.5 Å². The molecule has 0 radical (unpaired) electrons. The highest BCUT2D eigenvalue weighted by Gasteiger charge is 2.47. The van der Waals surface area contributed by atoms with Crippen molar-refractivity contribution in [2.75, 3.05) is 7.11 Å². The normalized spacial score (nSPS) is 17.7. The average Bonchev–Trinajstić information content (AvgIpc) is 2.74. The van der Waals surface area contributed by atoms with Gasteiger partial charge in [-0.05, 0) is 41.0 Å². The number of benzene rings is 2. The number of hydrogen-bond donors (Lipinski definition) is 1. The minimum absolute atomic E-state index is 0.0756. The molecule has 5 nitrogen and oxygen atoms in total. The predicted octanol–water partition coefficient (Wildman–Crippen LogP) is 3.79. The van der Waals surface area contributed by atoms with Crippen LogP contribution in [0.3, 0.4) is 0 Å². The third-order valence-electron chi connectivity index (χ3n) is 4.86. The lowest BCUT2D eigenvalue weighted by Gasteiger charge is -2.33. The van der Waals surface area contributed by atoms with E-state index in [0.717, 1.165) is 0 Å². The van der Waals surface area contributed by atoms with Crippen LogP contribution in [0.4, 0.5) is 4.39 Å². The third kappa shape index (κ3) is 2.86. The summed E-state index contributed by atoms with van der Waals surface area (Å²) >= 11 is 0. The lowest BCUT2D eigenvalue weighted by atomic mass is 9.65. The van der Waals surface area contributed by atoms with Gasteiger partial charge < -0.3 is 10.5 Å². The Balaban J connectivity index is 2.26. The maximum Gasteiger partial charge on any atom is 0.194 e. The molecule has 0 aromatic heterocycles. The van der Waals surface area contributed by atoms with E-state index >= 15 is 0 Å². The fraction of sp³-hybridized carbons (Fsp3) is 0.136. The van der Waals surface area contributed by atoms with Gasteiger partial charge in [0, 0.05) is 5.92 Å². The van der Waals surface area contributed by atoms with Crippen molar-refractivity contribution in [3.8, 4) is 24.0 Å². The second-order valence-electron chi connectivity index (χ2n) is 6.27. The molecule has 0 saturated heterocycles. The molecule has 0 aliphatic heterocycles. The Morgan fingerprint density at radius 1 is 1.00 bits per heavy atom. The number of methoxy groups -OCH3 is 1. The van der Waals surface area contributed by atoms with E-state index in [0.29, 0.717) is 22.4 Å². The number of allylic oxidation sites excluding steroid dienone is 4. The first-order valence-corrected chi connectivity index (χ1v) is 8.35. The van der Waals surface area contributed by atoms with E-state index in [1.807, 2.05) is 18.2 Å². The van der Waals surface area contributed by atoms with Crippen LogP contribution in [0.1, 0.15) is 17.0 Å². The van der Waals surface area contributed by atoms with E-state index in [9.17, 15) is 20.2 Å². The van der Waals surface area contributed by atoms with Crippen LogP contribution in [0.25, 0.3) is 5.57 Å². The summed E-state index contributed by atoms with van der Waals surface area (Å²) in [5.74, 6) is -0.550. The molecule has 6 heteroatoms. The van der Waals surface area contributed by atoms with Gasteiger partial charge in [-0.3, -0.25) is 0 Å². The molecule has 0 spiro atoms. The fourth-order valence-corrected chi connectivity index (χ4v) is 3.32. The molecule has 3 rings (SSSR count). The zero-order valence-electron chi connectivity index (χ0n) is 15.0. The van der Waals surface area contributed by atoms with Gasteiger partial charge in [0.05, 0.1) is 30.5 Å². The number of rotatable bonds is 3. The minimum Gasteiger partial charge on any atom is -0.497 e. The molecule has 0 bridgehead atoms. The average molecular weight is 370 g/mol. The Hall–Kier alpha value is -4.08. The van der Waals surface area contributed by atoms with Crippen LogP contribution in [-0.2, 0) is 0 Å². The van der Waals surface area contributed by atoms with Crippen molar-refractivity contribution in [1.82, 2.24) is 0 Å². The zero-order valence-corrected chi connectivity index (χ0v) is 15.0. The van der Waals surface area contributed by atoms with Crippen molar-refractivity contribution >= 4 is 5.57 Å². The second kappa shape index (κ2) is 7.27. The summed E-state index contributed by atoms with van der Waals surface area (Å²) < 4.78 is 18.5. The summed E-state index contributed by atoms with van der Waals surface area (Å²) in [6, 6.07) is 18.5. The number of halogens is 1. The number of nitriles is 3. The quantitative estimate of drug-likeness (QED) is 0.885. The van der Waals surface area contributed by atoms with Crippen LogP contribution in [0.2, 0.25) is 0 Å². The van der Waals surface area contributed by atoms with Gasteiger partial charge in [-0.1, -0.05) is 30.3 Å². The number of nitrogens with two attached hydrogens (primary N) is 1. The lowest BCUT2D eigenvalue weighted by Crippen LogP contribution is -2.35. The molecule has 0 fully saturated rings. The topological polar surface area (TPSA) is 107 Å². The molecule has 2 aromatic rings. The van der Waals surface area contributed by atoms with Crippen molar-refractivity contribution in [3.05, 3.63) is 82.8 Å². The number of hydrogen-bond acceptors (Lipinski definition) is 5. The summed E-state index contributed by atoms with van der Waals surface area (Å²) in [5.41, 5.74) is 6.16. The summed E-state index contributed by atoms with van der Waals surface area (Å²) in [6.07, 6.45) is 1.68. The van der Waals surface area contributed by atoms with Crippen LogP contribution in [0.5, 0.6) is 5.75 Å². The molecule has 1 aliphatic rings. The molecule has 1 unspecified atom stereocenters. The van der Waals surface area contributed by atoms with Crippen molar-refractivity contribution in [2.24, 2.45) is 11.1 Å². The van der Waals surface area contributed by atoms with Crippen LogP contribution in [0.15, 0.2) is 65.9 Å². The van der Waals surface area contributed by atoms with Gasteiger partial charge in [-0.25, -0.2) is 4.39 Å². The highest BCUT2D eigenvalue weighted by molar-refractivity contribution is 5.87. The summed E-state index contributed by atoms with van der Waals surface area (Å²) in [4.78, 5) is 0. The van der Waals surface area contributed by atoms with Gasteiger partial charge in [-0.15, -0.1) is 0 Å². The van der Waals surface area contributed by atoms with Gasteiger partial charge in [0.25, 0.3) is 0 Å². The molecule has 28 heavy (non-hydrogen) atoms. The Morgan fingerprint density at radius 3 is 2.11 bits per heavy atom. The molecule has 1 atom stereocenters. The lowest BCUT2D eigenvalue weighted by molar-refractivity contribution is 0.415. The Kier molecular flexibility index (Phi) is 4.86. The second-order valence-corrected chi connectivity index (χ2v) is 6.27.